The van der Waals surface area contributed by atoms with Gasteiger partial charge in [-0.15, -0.1) is 0 Å². The van der Waals surface area contributed by atoms with Crippen LogP contribution >= 0.6 is 11.8 Å². The Morgan fingerprint density at radius 3 is 2.70 bits per heavy atom. The maximum Gasteiger partial charge on any atom is 0.173 e. The molecule has 0 aromatic heterocycles. The number of nitrogens with zero attached hydrogens (tertiary/aromatic N) is 1. The topological polar surface area (TPSA) is 74.5 Å². The normalized spacial score (nSPS) is 18.7. The number of dihydropyridines is 1. The molecule has 2 aromatic carbocycles. The molecule has 2 heterocycles. The van der Waals surface area contributed by atoms with Crippen molar-refractivity contribution in [3.05, 3.63) is 77.1 Å². The minimum absolute atomic E-state index is 0.112. The number of amidine groups is 1. The van der Waals surface area contributed by atoms with E-state index >= 15 is 0 Å². The van der Waals surface area contributed by atoms with Crippen molar-refractivity contribution in [1.29, 1.82) is 0 Å². The maximum atomic E-state index is 5.80. The Hall–Kier alpha value is -2.86. The summed E-state index contributed by atoms with van der Waals surface area (Å²) >= 11 is 1.67. The lowest BCUT2D eigenvalue weighted by Crippen LogP contribution is -2.34. The zero-order valence-electron chi connectivity index (χ0n) is 15.4. The van der Waals surface area contributed by atoms with Crippen LogP contribution < -0.4 is 21.7 Å². The highest BCUT2D eigenvalue weighted by molar-refractivity contribution is 8.00. The molecule has 0 bridgehead atoms. The van der Waals surface area contributed by atoms with Gasteiger partial charge in [0, 0.05) is 39.8 Å². The predicted molar refractivity (Wildman–Crippen MR) is 115 cm³/mol. The summed E-state index contributed by atoms with van der Waals surface area (Å²) in [5.41, 5.74) is 12.1. The molecule has 138 valence electrons. The number of anilines is 2. The summed E-state index contributed by atoms with van der Waals surface area (Å²) in [6.07, 6.45) is 2.13. The van der Waals surface area contributed by atoms with Crippen LogP contribution in [0.1, 0.15) is 19.4 Å². The molecule has 0 fully saturated rings. The lowest BCUT2D eigenvalue weighted by atomic mass is 10.1. The first kappa shape index (κ1) is 17.5. The highest BCUT2D eigenvalue weighted by Gasteiger charge is 2.22. The van der Waals surface area contributed by atoms with Gasteiger partial charge in [-0.25, -0.2) is 4.99 Å². The maximum absolute atomic E-state index is 5.80. The molecule has 0 saturated carbocycles. The molecule has 0 aliphatic carbocycles. The van der Waals surface area contributed by atoms with E-state index in [9.17, 15) is 0 Å². The fraction of sp³-hybridized carbons (Fsp3) is 0.190. The highest BCUT2D eigenvalue weighted by Crippen LogP contribution is 2.31. The number of aliphatic imine (C=N–C) groups is 1. The Morgan fingerprint density at radius 1 is 1.11 bits per heavy atom. The van der Waals surface area contributed by atoms with Crippen molar-refractivity contribution in [3.8, 4) is 0 Å². The second-order valence-electron chi connectivity index (χ2n) is 6.71. The number of hydrogen-bond donors (Lipinski definition) is 4. The van der Waals surface area contributed by atoms with Gasteiger partial charge in [-0.3, -0.25) is 0 Å². The molecule has 0 spiro atoms. The molecule has 2 aliphatic rings. The number of nitrogens with one attached hydrogen (secondary N) is 3. The van der Waals surface area contributed by atoms with Crippen LogP contribution in [0.15, 0.2) is 81.5 Å². The van der Waals surface area contributed by atoms with E-state index in [-0.39, 0.29) is 5.50 Å². The minimum atomic E-state index is -0.112. The van der Waals surface area contributed by atoms with E-state index in [1.54, 1.807) is 11.8 Å². The third-order valence-corrected chi connectivity index (χ3v) is 5.53. The third kappa shape index (κ3) is 3.95. The van der Waals surface area contributed by atoms with Crippen molar-refractivity contribution in [2.45, 2.75) is 24.2 Å². The molecular weight excluding hydrogens is 354 g/mol. The highest BCUT2D eigenvalue weighted by atomic mass is 32.2. The fourth-order valence-corrected chi connectivity index (χ4v) is 3.92. The van der Waals surface area contributed by atoms with Crippen LogP contribution in [0, 0.1) is 0 Å². The number of thioether (sulfide) groups is 1. The first-order chi connectivity index (χ1) is 13.1. The van der Waals surface area contributed by atoms with Crippen LogP contribution in [0.5, 0.6) is 0 Å². The Balaban J connectivity index is 1.64. The molecule has 1 unspecified atom stereocenters. The molecule has 6 heteroatoms. The zero-order chi connectivity index (χ0) is 18.8. The van der Waals surface area contributed by atoms with Gasteiger partial charge in [0.2, 0.25) is 0 Å². The van der Waals surface area contributed by atoms with E-state index in [1.807, 2.05) is 36.4 Å². The van der Waals surface area contributed by atoms with E-state index in [1.165, 1.54) is 5.57 Å². The number of nitrogens with two attached hydrogens (primary N) is 1. The van der Waals surface area contributed by atoms with E-state index < -0.39 is 0 Å². The van der Waals surface area contributed by atoms with Crippen molar-refractivity contribution in [2.75, 3.05) is 17.6 Å². The van der Waals surface area contributed by atoms with Crippen molar-refractivity contribution < 1.29 is 0 Å². The quantitative estimate of drug-likeness (QED) is 0.611. The first-order valence-electron chi connectivity index (χ1n) is 8.93. The van der Waals surface area contributed by atoms with E-state index in [0.717, 1.165) is 45.6 Å². The van der Waals surface area contributed by atoms with Crippen LogP contribution in [-0.4, -0.2) is 17.9 Å². The van der Waals surface area contributed by atoms with Gasteiger partial charge in [0.25, 0.3) is 0 Å². The zero-order valence-corrected chi connectivity index (χ0v) is 16.2. The minimum Gasteiger partial charge on any atom is -0.399 e. The molecule has 2 aliphatic heterocycles. The van der Waals surface area contributed by atoms with Gasteiger partial charge in [0.15, 0.2) is 5.50 Å². The molecular formula is C21H23N5S. The monoisotopic (exact) mass is 377 g/mol. The van der Waals surface area contributed by atoms with Crippen molar-refractivity contribution in [2.24, 2.45) is 4.99 Å². The summed E-state index contributed by atoms with van der Waals surface area (Å²) in [6.45, 7) is 5.06. The molecule has 1 atom stereocenters. The Labute approximate surface area is 163 Å². The van der Waals surface area contributed by atoms with Gasteiger partial charge in [0.1, 0.15) is 5.84 Å². The first-order valence-corrected chi connectivity index (χ1v) is 9.81. The summed E-state index contributed by atoms with van der Waals surface area (Å²) in [5.74, 6) is 0.887. The Morgan fingerprint density at radius 2 is 1.89 bits per heavy atom. The van der Waals surface area contributed by atoms with Crippen LogP contribution in [0.3, 0.4) is 0 Å². The number of fused-ring (bicyclic) bond motifs is 1. The van der Waals surface area contributed by atoms with Gasteiger partial charge in [-0.05, 0) is 61.9 Å². The number of para-hydroxylation sites is 1. The van der Waals surface area contributed by atoms with E-state index in [4.69, 9.17) is 10.7 Å². The molecule has 0 radical (unpaired) electrons. The summed E-state index contributed by atoms with van der Waals surface area (Å²) in [6, 6.07) is 16.1. The van der Waals surface area contributed by atoms with Crippen LogP contribution in [0.25, 0.3) is 0 Å². The summed E-state index contributed by atoms with van der Waals surface area (Å²) in [5, 5.41) is 10.4. The van der Waals surface area contributed by atoms with E-state index in [2.05, 4.69) is 48.0 Å². The van der Waals surface area contributed by atoms with Gasteiger partial charge in [-0.1, -0.05) is 23.9 Å². The summed E-state index contributed by atoms with van der Waals surface area (Å²) in [4.78, 5) is 6.06. The van der Waals surface area contributed by atoms with Gasteiger partial charge in [0.05, 0.1) is 0 Å². The summed E-state index contributed by atoms with van der Waals surface area (Å²) < 4.78 is 0. The van der Waals surface area contributed by atoms with Crippen molar-refractivity contribution in [3.63, 3.8) is 0 Å². The number of nitrogen functional groups attached to an aromatic ring is 1. The molecule has 27 heavy (non-hydrogen) atoms. The molecule has 4 rings (SSSR count). The molecule has 2 aromatic rings. The fourth-order valence-electron chi connectivity index (χ4n) is 3.03. The number of rotatable bonds is 3. The van der Waals surface area contributed by atoms with Crippen LogP contribution in [-0.2, 0) is 0 Å². The Kier molecular flexibility index (Phi) is 4.81. The molecule has 0 amide bonds. The number of hydrogen-bond acceptors (Lipinski definition) is 6. The lowest BCUT2D eigenvalue weighted by molar-refractivity contribution is 0.823. The average Bonchev–Trinajstić information content (AvgIpc) is 2.66. The second-order valence-corrected chi connectivity index (χ2v) is 7.86. The number of allylic oxidation sites excluding steroid dienone is 2. The van der Waals surface area contributed by atoms with Gasteiger partial charge >= 0.3 is 0 Å². The average molecular weight is 378 g/mol. The van der Waals surface area contributed by atoms with Crippen molar-refractivity contribution >= 4 is 29.0 Å². The van der Waals surface area contributed by atoms with Crippen LogP contribution in [0.2, 0.25) is 0 Å². The lowest BCUT2D eigenvalue weighted by Gasteiger charge is -2.27. The number of benzene rings is 2. The molecule has 5 nitrogen and oxygen atoms in total. The van der Waals surface area contributed by atoms with Gasteiger partial charge < -0.3 is 21.7 Å². The third-order valence-electron chi connectivity index (χ3n) is 4.54. The Bertz CT molecular complexity index is 943. The standard InChI is InChI=1S/C21H23N5S/c1-13-12-23-14(2)11-19(13)24-20-17-5-3-4-6-18(17)25-21(26-20)27-16-9-7-15(22)8-10-16/h3-11,21,23,25H,12,22H2,1-2H3,(H,24,26). The summed E-state index contributed by atoms with van der Waals surface area (Å²) in [7, 11) is 0. The molecule has 5 N–H and O–H groups in total. The smallest absolute Gasteiger partial charge is 0.173 e. The van der Waals surface area contributed by atoms with Crippen LogP contribution in [0.4, 0.5) is 11.4 Å². The SMILES string of the molecule is CC1=CC(NC2=NC(Sc3ccc(N)cc3)Nc3ccccc32)=C(C)CN1. The second kappa shape index (κ2) is 7.40. The van der Waals surface area contributed by atoms with Gasteiger partial charge in [-0.2, -0.15) is 0 Å². The van der Waals surface area contributed by atoms with Crippen molar-refractivity contribution in [1.82, 2.24) is 10.6 Å². The molecule has 0 saturated heterocycles. The van der Waals surface area contributed by atoms with E-state index in [0.29, 0.717) is 0 Å². The predicted octanol–water partition coefficient (Wildman–Crippen LogP) is 3.89. The largest absolute Gasteiger partial charge is 0.399 e.